The van der Waals surface area contributed by atoms with Crippen LogP contribution in [-0.2, 0) is 0 Å². The van der Waals surface area contributed by atoms with E-state index in [1.54, 1.807) is 10.9 Å². The van der Waals surface area contributed by atoms with E-state index in [0.29, 0.717) is 11.4 Å². The first-order chi connectivity index (χ1) is 13.7. The maximum atomic E-state index is 9.50. The third-order valence-electron chi connectivity index (χ3n) is 4.64. The standard InChI is InChI=1S/C21H18N6O/c1-3-6-14-9-10-18(19(14)23-2)28-21-24-12-15(11-22)20(26-21)27-13-25-16-7-4-5-8-17(16)27/h3-8,12-13,18H,2,9-10H2,1H3/b6-3-. The third kappa shape index (κ3) is 3.05. The van der Waals surface area contributed by atoms with Gasteiger partial charge in [0, 0.05) is 0 Å². The number of nitriles is 1. The van der Waals surface area contributed by atoms with Gasteiger partial charge in [-0.25, -0.2) is 9.97 Å². The average molecular weight is 370 g/mol. The van der Waals surface area contributed by atoms with E-state index in [-0.39, 0.29) is 12.1 Å². The number of para-hydroxylation sites is 2. The van der Waals surface area contributed by atoms with E-state index in [1.807, 2.05) is 43.3 Å². The van der Waals surface area contributed by atoms with Crippen molar-refractivity contribution < 1.29 is 4.74 Å². The Labute approximate surface area is 162 Å². The monoisotopic (exact) mass is 370 g/mol. The van der Waals surface area contributed by atoms with Crippen LogP contribution in [0.4, 0.5) is 0 Å². The lowest BCUT2D eigenvalue weighted by molar-refractivity contribution is 0.217. The molecule has 0 fully saturated rings. The van der Waals surface area contributed by atoms with Crippen LogP contribution in [-0.4, -0.2) is 32.3 Å². The molecule has 0 amide bonds. The lowest BCUT2D eigenvalue weighted by Crippen LogP contribution is -2.17. The van der Waals surface area contributed by atoms with Gasteiger partial charge in [0.15, 0.2) is 5.82 Å². The van der Waals surface area contributed by atoms with Crippen LogP contribution in [0.25, 0.3) is 16.9 Å². The van der Waals surface area contributed by atoms with Gasteiger partial charge in [-0.2, -0.15) is 10.2 Å². The third-order valence-corrected chi connectivity index (χ3v) is 4.64. The normalized spacial score (nSPS) is 16.6. The van der Waals surface area contributed by atoms with E-state index in [2.05, 4.69) is 32.7 Å². The zero-order valence-electron chi connectivity index (χ0n) is 15.4. The first kappa shape index (κ1) is 17.6. The molecule has 2 aromatic heterocycles. The smallest absolute Gasteiger partial charge is 0.319 e. The van der Waals surface area contributed by atoms with Crippen molar-refractivity contribution in [2.75, 3.05) is 0 Å². The zero-order chi connectivity index (χ0) is 19.5. The number of allylic oxidation sites excluding steroid dienone is 3. The van der Waals surface area contributed by atoms with Crippen molar-refractivity contribution >= 4 is 17.8 Å². The molecule has 0 aliphatic heterocycles. The van der Waals surface area contributed by atoms with Crippen molar-refractivity contribution in [2.24, 2.45) is 4.99 Å². The van der Waals surface area contributed by atoms with Gasteiger partial charge in [0.25, 0.3) is 0 Å². The molecule has 0 N–H and O–H groups in total. The Morgan fingerprint density at radius 3 is 3.00 bits per heavy atom. The second-order valence-corrected chi connectivity index (χ2v) is 6.32. The van der Waals surface area contributed by atoms with Crippen LogP contribution in [0.2, 0.25) is 0 Å². The molecule has 3 aromatic rings. The second kappa shape index (κ2) is 7.45. The molecule has 1 aromatic carbocycles. The highest BCUT2D eigenvalue weighted by atomic mass is 16.5. The summed E-state index contributed by atoms with van der Waals surface area (Å²) in [7, 11) is 0. The highest BCUT2D eigenvalue weighted by Crippen LogP contribution is 2.31. The molecule has 1 aliphatic rings. The summed E-state index contributed by atoms with van der Waals surface area (Å²) in [6, 6.07) is 9.99. The Bertz CT molecular complexity index is 1150. The molecule has 138 valence electrons. The molecule has 2 heterocycles. The lowest BCUT2D eigenvalue weighted by atomic mass is 10.2. The fourth-order valence-electron chi connectivity index (χ4n) is 3.38. The summed E-state index contributed by atoms with van der Waals surface area (Å²) in [5.74, 6) is 0.435. The maximum absolute atomic E-state index is 9.50. The molecular formula is C21H18N6O. The van der Waals surface area contributed by atoms with Gasteiger partial charge in [0.2, 0.25) is 0 Å². The van der Waals surface area contributed by atoms with Gasteiger partial charge in [0.1, 0.15) is 24.1 Å². The maximum Gasteiger partial charge on any atom is 0.319 e. The van der Waals surface area contributed by atoms with Gasteiger partial charge < -0.3 is 4.74 Å². The predicted octanol–water partition coefficient (Wildman–Crippen LogP) is 3.76. The summed E-state index contributed by atoms with van der Waals surface area (Å²) >= 11 is 0. The molecule has 1 atom stereocenters. The van der Waals surface area contributed by atoms with Crippen molar-refractivity contribution in [3.63, 3.8) is 0 Å². The quantitative estimate of drug-likeness (QED) is 0.638. The first-order valence-corrected chi connectivity index (χ1v) is 8.94. The van der Waals surface area contributed by atoms with Crippen LogP contribution in [0.15, 0.2) is 65.2 Å². The van der Waals surface area contributed by atoms with E-state index >= 15 is 0 Å². The van der Waals surface area contributed by atoms with Gasteiger partial charge in [-0.05, 0) is 44.2 Å². The topological polar surface area (TPSA) is 89.0 Å². The predicted molar refractivity (Wildman–Crippen MR) is 106 cm³/mol. The minimum absolute atomic E-state index is 0.194. The van der Waals surface area contributed by atoms with Crippen molar-refractivity contribution in [1.82, 2.24) is 19.5 Å². The molecule has 1 unspecified atom stereocenters. The lowest BCUT2D eigenvalue weighted by Gasteiger charge is -2.14. The van der Waals surface area contributed by atoms with Crippen molar-refractivity contribution in [3.8, 4) is 17.9 Å². The number of aromatic nitrogens is 4. The number of benzene rings is 1. The number of fused-ring (bicyclic) bond motifs is 1. The second-order valence-electron chi connectivity index (χ2n) is 6.32. The molecule has 28 heavy (non-hydrogen) atoms. The molecule has 0 saturated carbocycles. The summed E-state index contributed by atoms with van der Waals surface area (Å²) in [5.41, 5.74) is 3.93. The molecule has 0 saturated heterocycles. The van der Waals surface area contributed by atoms with Crippen molar-refractivity contribution in [1.29, 1.82) is 5.26 Å². The van der Waals surface area contributed by atoms with Crippen molar-refractivity contribution in [3.05, 3.63) is 65.8 Å². The van der Waals surface area contributed by atoms with Gasteiger partial charge in [-0.1, -0.05) is 24.3 Å². The number of aliphatic imine (C=N–C) groups is 1. The van der Waals surface area contributed by atoms with Gasteiger partial charge in [-0.3, -0.25) is 9.56 Å². The number of nitrogens with zero attached hydrogens (tertiary/aromatic N) is 6. The number of ether oxygens (including phenoxy) is 1. The summed E-state index contributed by atoms with van der Waals surface area (Å²) < 4.78 is 7.78. The highest BCUT2D eigenvalue weighted by molar-refractivity contribution is 5.77. The van der Waals surface area contributed by atoms with E-state index in [9.17, 15) is 5.26 Å². The first-order valence-electron chi connectivity index (χ1n) is 8.94. The Morgan fingerprint density at radius 1 is 1.36 bits per heavy atom. The number of imidazole rings is 1. The molecule has 4 rings (SSSR count). The van der Waals surface area contributed by atoms with Crippen LogP contribution in [0.5, 0.6) is 6.01 Å². The van der Waals surface area contributed by atoms with Gasteiger partial charge >= 0.3 is 6.01 Å². The number of rotatable bonds is 5. The fraction of sp³-hybridized carbons (Fsp3) is 0.190. The molecule has 0 radical (unpaired) electrons. The zero-order valence-corrected chi connectivity index (χ0v) is 15.4. The summed E-state index contributed by atoms with van der Waals surface area (Å²) in [6.07, 6.45) is 8.50. The minimum atomic E-state index is -0.260. The molecule has 7 heteroatoms. The number of hydrogen-bond acceptors (Lipinski definition) is 6. The van der Waals surface area contributed by atoms with Gasteiger partial charge in [-0.15, -0.1) is 0 Å². The van der Waals surface area contributed by atoms with E-state index in [0.717, 1.165) is 35.1 Å². The summed E-state index contributed by atoms with van der Waals surface area (Å²) in [6.45, 7) is 5.63. The molecule has 1 aliphatic carbocycles. The summed E-state index contributed by atoms with van der Waals surface area (Å²) in [4.78, 5) is 17.2. The molecule has 0 bridgehead atoms. The van der Waals surface area contributed by atoms with Crippen LogP contribution in [0.1, 0.15) is 25.3 Å². The van der Waals surface area contributed by atoms with E-state index in [4.69, 9.17) is 4.74 Å². The van der Waals surface area contributed by atoms with E-state index in [1.165, 1.54) is 6.20 Å². The average Bonchev–Trinajstić information content (AvgIpc) is 3.32. The highest BCUT2D eigenvalue weighted by Gasteiger charge is 2.26. The SMILES string of the molecule is C=NC1=C(/C=C\C)CCC1Oc1ncc(C#N)c(-n2cnc3ccccc32)n1. The Hall–Kier alpha value is -3.79. The minimum Gasteiger partial charge on any atom is -0.454 e. The Balaban J connectivity index is 1.72. The van der Waals surface area contributed by atoms with Crippen molar-refractivity contribution in [2.45, 2.75) is 25.9 Å². The van der Waals surface area contributed by atoms with Crippen LogP contribution < -0.4 is 4.74 Å². The molecule has 0 spiro atoms. The van der Waals surface area contributed by atoms with Crippen LogP contribution in [0, 0.1) is 11.3 Å². The molecular weight excluding hydrogens is 352 g/mol. The Morgan fingerprint density at radius 2 is 2.21 bits per heavy atom. The summed E-state index contributed by atoms with van der Waals surface area (Å²) in [5, 5.41) is 9.50. The van der Waals surface area contributed by atoms with Crippen LogP contribution in [0.3, 0.4) is 0 Å². The van der Waals surface area contributed by atoms with E-state index < -0.39 is 0 Å². The van der Waals surface area contributed by atoms with Gasteiger partial charge in [0.05, 0.1) is 22.9 Å². The molecule has 7 nitrogen and oxygen atoms in total. The fourth-order valence-corrected chi connectivity index (χ4v) is 3.38. The number of hydrogen-bond donors (Lipinski definition) is 0. The Kier molecular flexibility index (Phi) is 4.68. The van der Waals surface area contributed by atoms with Crippen LogP contribution >= 0.6 is 0 Å². The largest absolute Gasteiger partial charge is 0.454 e.